The number of esters is 3. The van der Waals surface area contributed by atoms with E-state index < -0.39 is 6.10 Å². The molecule has 6 heteroatoms. The minimum absolute atomic E-state index is 0.123. The standard InChI is InChI=1S/C59H94O6/c1-4-7-10-13-16-19-22-25-28-29-32-34-37-40-43-46-49-52-58(61)64-55-56(65-59(62)53-50-47-44-41-38-35-31-27-24-21-18-15-12-9-6-3)54-63-57(60)51-48-45-42-39-36-33-30-26-23-20-17-14-11-8-5-2/h8-9,11-12,17-18,20-21,25-28,30-32,34,38,40-41,43,56H,4-7,10,13-16,19,22-24,29,33,35-37,39,42,44-55H2,1-3H3/b11-8-,12-9-,20-17-,21-18-,28-25-,30-26-,31-27-,34-32-,41-38-,43-40-/t56-/m1/s1. The van der Waals surface area contributed by atoms with Gasteiger partial charge in [0.2, 0.25) is 0 Å². The minimum atomic E-state index is -0.830. The molecule has 0 saturated heterocycles. The Morgan fingerprint density at radius 2 is 0.615 bits per heavy atom. The Hall–Kier alpha value is -4.19. The monoisotopic (exact) mass is 899 g/mol. The molecule has 0 rings (SSSR count). The summed E-state index contributed by atoms with van der Waals surface area (Å²) in [6.45, 7) is 6.29. The first-order valence-electron chi connectivity index (χ1n) is 26.0. The van der Waals surface area contributed by atoms with Crippen LogP contribution in [0.15, 0.2) is 122 Å². The van der Waals surface area contributed by atoms with Crippen molar-refractivity contribution in [3.63, 3.8) is 0 Å². The zero-order chi connectivity index (χ0) is 47.2. The highest BCUT2D eigenvalue weighted by molar-refractivity contribution is 5.71. The summed E-state index contributed by atoms with van der Waals surface area (Å²) in [5.74, 6) is -1.04. The van der Waals surface area contributed by atoms with Crippen molar-refractivity contribution in [1.82, 2.24) is 0 Å². The van der Waals surface area contributed by atoms with E-state index in [9.17, 15) is 14.4 Å². The van der Waals surface area contributed by atoms with Crippen molar-refractivity contribution in [2.24, 2.45) is 0 Å². The first kappa shape index (κ1) is 60.8. The number of rotatable bonds is 45. The molecule has 0 aliphatic heterocycles. The Morgan fingerprint density at radius 3 is 1.03 bits per heavy atom. The van der Waals surface area contributed by atoms with Gasteiger partial charge in [0.15, 0.2) is 6.10 Å². The van der Waals surface area contributed by atoms with E-state index in [1.165, 1.54) is 44.9 Å². The maximum absolute atomic E-state index is 12.8. The Bertz CT molecular complexity index is 1400. The van der Waals surface area contributed by atoms with Crippen LogP contribution in [0.2, 0.25) is 0 Å². The van der Waals surface area contributed by atoms with Crippen LogP contribution in [-0.2, 0) is 28.6 Å². The molecule has 0 saturated carbocycles. The van der Waals surface area contributed by atoms with Crippen LogP contribution in [0.4, 0.5) is 0 Å². The maximum atomic E-state index is 12.8. The first-order chi connectivity index (χ1) is 32.0. The fourth-order valence-electron chi connectivity index (χ4n) is 6.58. The van der Waals surface area contributed by atoms with Crippen LogP contribution < -0.4 is 0 Å². The second-order valence-corrected chi connectivity index (χ2v) is 16.7. The zero-order valence-corrected chi connectivity index (χ0v) is 41.7. The molecule has 0 bridgehead atoms. The van der Waals surface area contributed by atoms with Gasteiger partial charge in [-0.1, -0.05) is 194 Å². The van der Waals surface area contributed by atoms with Gasteiger partial charge < -0.3 is 14.2 Å². The summed E-state index contributed by atoms with van der Waals surface area (Å²) >= 11 is 0. The largest absolute Gasteiger partial charge is 0.462 e. The van der Waals surface area contributed by atoms with E-state index in [1.54, 1.807) is 0 Å². The van der Waals surface area contributed by atoms with Crippen molar-refractivity contribution in [3.05, 3.63) is 122 Å². The van der Waals surface area contributed by atoms with Crippen molar-refractivity contribution in [2.75, 3.05) is 13.2 Å². The summed E-state index contributed by atoms with van der Waals surface area (Å²) in [4.78, 5) is 38.0. The first-order valence-corrected chi connectivity index (χ1v) is 26.0. The van der Waals surface area contributed by atoms with Gasteiger partial charge in [0.1, 0.15) is 13.2 Å². The van der Waals surface area contributed by atoms with Gasteiger partial charge in [0.25, 0.3) is 0 Å². The molecule has 0 N–H and O–H groups in total. The number of carbonyl (C=O) groups is 3. The molecular weight excluding hydrogens is 805 g/mol. The summed E-state index contributed by atoms with van der Waals surface area (Å²) in [5.41, 5.74) is 0. The minimum Gasteiger partial charge on any atom is -0.462 e. The number of carbonyl (C=O) groups excluding carboxylic acids is 3. The molecule has 0 amide bonds. The summed E-state index contributed by atoms with van der Waals surface area (Å²) in [6, 6.07) is 0. The van der Waals surface area contributed by atoms with Gasteiger partial charge in [0, 0.05) is 19.3 Å². The number of unbranched alkanes of at least 4 members (excludes halogenated alkanes) is 14. The van der Waals surface area contributed by atoms with Crippen molar-refractivity contribution >= 4 is 17.9 Å². The van der Waals surface area contributed by atoms with Crippen LogP contribution in [0.5, 0.6) is 0 Å². The third-order valence-electron chi connectivity index (χ3n) is 10.4. The average Bonchev–Trinajstić information content (AvgIpc) is 3.30. The van der Waals surface area contributed by atoms with Crippen molar-refractivity contribution < 1.29 is 28.6 Å². The summed E-state index contributed by atoms with van der Waals surface area (Å²) in [5, 5.41) is 0. The van der Waals surface area contributed by atoms with Gasteiger partial charge in [-0.05, 0) is 122 Å². The zero-order valence-electron chi connectivity index (χ0n) is 41.7. The predicted octanol–water partition coefficient (Wildman–Crippen LogP) is 17.3. The van der Waals surface area contributed by atoms with Crippen molar-refractivity contribution in [2.45, 2.75) is 219 Å². The average molecular weight is 899 g/mol. The van der Waals surface area contributed by atoms with Crippen LogP contribution in [0.25, 0.3) is 0 Å². The molecule has 65 heavy (non-hydrogen) atoms. The highest BCUT2D eigenvalue weighted by Crippen LogP contribution is 2.12. The molecule has 0 aliphatic rings. The highest BCUT2D eigenvalue weighted by Gasteiger charge is 2.19. The lowest BCUT2D eigenvalue weighted by Gasteiger charge is -2.18. The number of ether oxygens (including phenoxy) is 3. The number of hydrogen-bond acceptors (Lipinski definition) is 6. The highest BCUT2D eigenvalue weighted by atomic mass is 16.6. The van der Waals surface area contributed by atoms with E-state index in [0.29, 0.717) is 19.3 Å². The van der Waals surface area contributed by atoms with Gasteiger partial charge in [0.05, 0.1) is 0 Å². The van der Waals surface area contributed by atoms with Crippen LogP contribution in [0.3, 0.4) is 0 Å². The lowest BCUT2D eigenvalue weighted by molar-refractivity contribution is -0.167. The lowest BCUT2D eigenvalue weighted by Crippen LogP contribution is -2.30. The predicted molar refractivity (Wildman–Crippen MR) is 279 cm³/mol. The molecular formula is C59H94O6. The summed E-state index contributed by atoms with van der Waals surface area (Å²) in [6.07, 6.45) is 71.9. The smallest absolute Gasteiger partial charge is 0.306 e. The number of hydrogen-bond donors (Lipinski definition) is 0. The van der Waals surface area contributed by atoms with Gasteiger partial charge >= 0.3 is 17.9 Å². The SMILES string of the molecule is CC/C=C\C/C=C\C/C=C\C/C=C\CCCCC(=O)O[C@@H](COC(=O)CCC/C=C\C/C=C\C/C=C\CCCCCCCC)COC(=O)CCCCCCC/C=C\C/C=C\C/C=C\CC. The van der Waals surface area contributed by atoms with E-state index in [4.69, 9.17) is 14.2 Å². The van der Waals surface area contributed by atoms with E-state index in [0.717, 1.165) is 116 Å². The topological polar surface area (TPSA) is 78.9 Å². The molecule has 6 nitrogen and oxygen atoms in total. The van der Waals surface area contributed by atoms with Gasteiger partial charge in [-0.2, -0.15) is 0 Å². The Kier molecular flexibility index (Phi) is 49.1. The molecule has 1 atom stereocenters. The van der Waals surface area contributed by atoms with Crippen LogP contribution >= 0.6 is 0 Å². The molecule has 0 aromatic heterocycles. The van der Waals surface area contributed by atoms with Crippen molar-refractivity contribution in [3.8, 4) is 0 Å². The van der Waals surface area contributed by atoms with Crippen molar-refractivity contribution in [1.29, 1.82) is 0 Å². The van der Waals surface area contributed by atoms with Crippen LogP contribution in [-0.4, -0.2) is 37.2 Å². The Balaban J connectivity index is 4.58. The van der Waals surface area contributed by atoms with Crippen LogP contribution in [0, 0.1) is 0 Å². The maximum Gasteiger partial charge on any atom is 0.306 e. The van der Waals surface area contributed by atoms with Gasteiger partial charge in [-0.25, -0.2) is 0 Å². The van der Waals surface area contributed by atoms with E-state index in [-0.39, 0.29) is 44.0 Å². The second-order valence-electron chi connectivity index (χ2n) is 16.7. The third-order valence-corrected chi connectivity index (χ3v) is 10.4. The molecule has 366 valence electrons. The molecule has 0 aromatic carbocycles. The van der Waals surface area contributed by atoms with E-state index in [2.05, 4.69) is 142 Å². The molecule has 0 radical (unpaired) electrons. The third kappa shape index (κ3) is 50.7. The summed E-state index contributed by atoms with van der Waals surface area (Å²) in [7, 11) is 0. The lowest BCUT2D eigenvalue weighted by atomic mass is 10.1. The molecule has 0 fully saturated rings. The molecule has 0 unspecified atom stereocenters. The molecule has 0 aliphatic carbocycles. The van der Waals surface area contributed by atoms with Gasteiger partial charge in [-0.3, -0.25) is 14.4 Å². The van der Waals surface area contributed by atoms with E-state index in [1.807, 2.05) is 0 Å². The molecule has 0 aromatic rings. The van der Waals surface area contributed by atoms with Gasteiger partial charge in [-0.15, -0.1) is 0 Å². The van der Waals surface area contributed by atoms with E-state index >= 15 is 0 Å². The number of allylic oxidation sites excluding steroid dienone is 20. The molecule has 0 spiro atoms. The fourth-order valence-corrected chi connectivity index (χ4v) is 6.58. The second kappa shape index (κ2) is 52.4. The Morgan fingerprint density at radius 1 is 0.323 bits per heavy atom. The normalized spacial score (nSPS) is 13.1. The quantitative estimate of drug-likeness (QED) is 0.0262. The van der Waals surface area contributed by atoms with Crippen LogP contribution in [0.1, 0.15) is 213 Å². The Labute approximate surface area is 399 Å². The fraction of sp³-hybridized carbons (Fsp3) is 0.610. The molecule has 0 heterocycles. The summed E-state index contributed by atoms with van der Waals surface area (Å²) < 4.78 is 16.7.